The average molecular weight is 408 g/mol. The summed E-state index contributed by atoms with van der Waals surface area (Å²) in [4.78, 5) is 39.7. The summed E-state index contributed by atoms with van der Waals surface area (Å²) < 4.78 is 0. The van der Waals surface area contributed by atoms with E-state index < -0.39 is 5.92 Å². The molecule has 3 rings (SSSR count). The molecule has 2 aliphatic rings. The first-order valence-electron chi connectivity index (χ1n) is 9.89. The summed E-state index contributed by atoms with van der Waals surface area (Å²) in [7, 11) is 0. The third-order valence-corrected chi connectivity index (χ3v) is 4.49. The zero-order valence-electron chi connectivity index (χ0n) is 16.5. The second kappa shape index (κ2) is 10.8. The molecule has 0 aromatic heterocycles. The van der Waals surface area contributed by atoms with E-state index in [1.165, 1.54) is 0 Å². The van der Waals surface area contributed by atoms with E-state index in [9.17, 15) is 14.4 Å². The Morgan fingerprint density at radius 3 is 2.60 bits per heavy atom. The number of amides is 3. The average Bonchev–Trinajstić information content (AvgIpc) is 2.76. The number of carbonyl (C=O) groups is 3. The number of nitrogens with zero attached hydrogens (tertiary/aromatic N) is 3. The third kappa shape index (κ3) is 6.20. The van der Waals surface area contributed by atoms with Gasteiger partial charge in [-0.1, -0.05) is 24.3 Å². The number of hydrogen-bond acceptors (Lipinski definition) is 6. The predicted octanol–water partition coefficient (Wildman–Crippen LogP) is 2.31. The zero-order chi connectivity index (χ0) is 21.2. The summed E-state index contributed by atoms with van der Waals surface area (Å²) in [6, 6.07) is 9.22. The number of rotatable bonds is 10. The Bertz CT molecular complexity index is 905. The molecule has 0 aliphatic carbocycles. The van der Waals surface area contributed by atoms with Crippen LogP contribution in [-0.4, -0.2) is 37.0 Å². The highest BCUT2D eigenvalue weighted by atomic mass is 16.2. The Balaban J connectivity index is 1.28. The number of fused-ring (bicyclic) bond motifs is 1. The lowest BCUT2D eigenvalue weighted by Gasteiger charge is -2.19. The van der Waals surface area contributed by atoms with Gasteiger partial charge in [0, 0.05) is 37.8 Å². The fourth-order valence-corrected chi connectivity index (χ4v) is 2.97. The second-order valence-corrected chi connectivity index (χ2v) is 6.81. The van der Waals surface area contributed by atoms with Gasteiger partial charge in [0.15, 0.2) is 5.82 Å². The third-order valence-electron chi connectivity index (χ3n) is 4.49. The molecule has 30 heavy (non-hydrogen) atoms. The van der Waals surface area contributed by atoms with Crippen LogP contribution < -0.4 is 16.0 Å². The number of allylic oxidation sites excluding steroid dienone is 1. The van der Waals surface area contributed by atoms with E-state index in [4.69, 9.17) is 0 Å². The fraction of sp³-hybridized carbons (Fsp3) is 0.333. The van der Waals surface area contributed by atoms with Crippen molar-refractivity contribution in [3.8, 4) is 0 Å². The lowest BCUT2D eigenvalue weighted by atomic mass is 10.0. The maximum Gasteiger partial charge on any atom is 0.277 e. The van der Waals surface area contributed by atoms with Crippen molar-refractivity contribution >= 4 is 29.6 Å². The normalized spacial score (nSPS) is 16.9. The molecule has 156 valence electrons. The molecule has 3 amide bonds. The van der Waals surface area contributed by atoms with Crippen molar-refractivity contribution < 1.29 is 14.4 Å². The molecule has 1 unspecified atom stereocenters. The summed E-state index contributed by atoms with van der Waals surface area (Å²) in [6.45, 7) is 1.05. The van der Waals surface area contributed by atoms with Crippen LogP contribution in [0.5, 0.6) is 0 Å². The van der Waals surface area contributed by atoms with E-state index in [2.05, 4.69) is 31.2 Å². The quantitative estimate of drug-likeness (QED) is 0.514. The van der Waals surface area contributed by atoms with Crippen LogP contribution in [-0.2, 0) is 14.4 Å². The molecule has 3 N–H and O–H groups in total. The largest absolute Gasteiger partial charge is 0.367 e. The number of azo groups is 1. The molecular formula is C21H24N6O3. The number of dihydropyridines is 1. The van der Waals surface area contributed by atoms with E-state index in [1.54, 1.807) is 18.4 Å². The summed E-state index contributed by atoms with van der Waals surface area (Å²) in [5.41, 5.74) is 1.31. The van der Waals surface area contributed by atoms with Gasteiger partial charge in [-0.15, -0.1) is 10.2 Å². The first-order valence-corrected chi connectivity index (χ1v) is 9.89. The van der Waals surface area contributed by atoms with Crippen molar-refractivity contribution in [3.63, 3.8) is 0 Å². The number of aliphatic imine (C=N–C) groups is 1. The lowest BCUT2D eigenvalue weighted by Crippen LogP contribution is -2.28. The Morgan fingerprint density at radius 1 is 0.967 bits per heavy atom. The molecule has 1 atom stereocenters. The Morgan fingerprint density at radius 2 is 1.77 bits per heavy atom. The molecule has 0 spiro atoms. The van der Waals surface area contributed by atoms with Gasteiger partial charge in [0.25, 0.3) is 5.91 Å². The minimum atomic E-state index is -0.478. The Kier molecular flexibility index (Phi) is 7.59. The molecule has 2 heterocycles. The zero-order valence-corrected chi connectivity index (χ0v) is 16.5. The van der Waals surface area contributed by atoms with Gasteiger partial charge in [0.1, 0.15) is 11.6 Å². The van der Waals surface area contributed by atoms with Gasteiger partial charge >= 0.3 is 0 Å². The van der Waals surface area contributed by atoms with Crippen LogP contribution in [0.25, 0.3) is 0 Å². The van der Waals surface area contributed by atoms with Gasteiger partial charge in [0.2, 0.25) is 11.8 Å². The summed E-state index contributed by atoms with van der Waals surface area (Å²) >= 11 is 0. The van der Waals surface area contributed by atoms with Crippen LogP contribution in [0.4, 0.5) is 5.69 Å². The van der Waals surface area contributed by atoms with Gasteiger partial charge in [0.05, 0.1) is 0 Å². The van der Waals surface area contributed by atoms with Crippen LogP contribution in [0.2, 0.25) is 0 Å². The molecule has 1 aromatic rings. The van der Waals surface area contributed by atoms with Crippen molar-refractivity contribution in [1.29, 1.82) is 0 Å². The van der Waals surface area contributed by atoms with Crippen molar-refractivity contribution in [2.75, 3.05) is 18.4 Å². The van der Waals surface area contributed by atoms with Gasteiger partial charge < -0.3 is 16.0 Å². The van der Waals surface area contributed by atoms with Crippen LogP contribution in [0, 0.1) is 5.92 Å². The van der Waals surface area contributed by atoms with Crippen LogP contribution in [0.1, 0.15) is 25.7 Å². The molecule has 1 aromatic carbocycles. The topological polar surface area (TPSA) is 124 Å². The summed E-state index contributed by atoms with van der Waals surface area (Å²) in [5, 5.41) is 16.3. The minimum Gasteiger partial charge on any atom is -0.367 e. The molecule has 9 nitrogen and oxygen atoms in total. The molecule has 2 aliphatic heterocycles. The highest BCUT2D eigenvalue weighted by Gasteiger charge is 2.28. The minimum absolute atomic E-state index is 0.0884. The van der Waals surface area contributed by atoms with E-state index >= 15 is 0 Å². The maximum absolute atomic E-state index is 11.9. The number of carbonyl (C=O) groups excluding carboxylic acids is 3. The lowest BCUT2D eigenvalue weighted by molar-refractivity contribution is -0.122. The van der Waals surface area contributed by atoms with Gasteiger partial charge in [-0.2, -0.15) is 0 Å². The summed E-state index contributed by atoms with van der Waals surface area (Å²) in [6.07, 6.45) is 6.81. The van der Waals surface area contributed by atoms with Crippen LogP contribution >= 0.6 is 0 Å². The SMILES string of the molecule is O=C(CCCC(=O)Nc1ccccc1)NCCCNC1=C2N=CC=CC2C(=O)N=N1. The molecule has 0 radical (unpaired) electrons. The highest BCUT2D eigenvalue weighted by Crippen LogP contribution is 2.26. The first kappa shape index (κ1) is 21.1. The number of nitrogens with one attached hydrogen (secondary N) is 3. The van der Waals surface area contributed by atoms with Gasteiger partial charge in [-0.3, -0.25) is 19.4 Å². The first-order chi connectivity index (χ1) is 14.6. The Hall–Kier alpha value is -3.62. The standard InChI is InChI=1S/C21H24N6O3/c28-17(10-4-11-18(29)25-15-7-2-1-3-8-15)22-13-6-14-24-20-19-16(9-5-12-23-19)21(30)27-26-20/h1-3,5,7-9,12,16,24H,4,6,10-11,13-14H2,(H,22,28)(H,25,29). The molecular weight excluding hydrogens is 384 g/mol. The van der Waals surface area contributed by atoms with Crippen molar-refractivity contribution in [1.82, 2.24) is 10.6 Å². The monoisotopic (exact) mass is 408 g/mol. The van der Waals surface area contributed by atoms with Crippen molar-refractivity contribution in [2.24, 2.45) is 21.1 Å². The van der Waals surface area contributed by atoms with Crippen LogP contribution in [0.15, 0.2) is 69.2 Å². The van der Waals surface area contributed by atoms with Crippen molar-refractivity contribution in [3.05, 3.63) is 54.0 Å². The molecule has 0 bridgehead atoms. The van der Waals surface area contributed by atoms with E-state index in [0.717, 1.165) is 5.69 Å². The second-order valence-electron chi connectivity index (χ2n) is 6.81. The number of benzene rings is 1. The van der Waals surface area contributed by atoms with E-state index in [0.29, 0.717) is 50.3 Å². The molecule has 0 fully saturated rings. The molecule has 0 saturated carbocycles. The van der Waals surface area contributed by atoms with E-state index in [1.807, 2.05) is 30.3 Å². The predicted molar refractivity (Wildman–Crippen MR) is 113 cm³/mol. The van der Waals surface area contributed by atoms with Crippen LogP contribution in [0.3, 0.4) is 0 Å². The highest BCUT2D eigenvalue weighted by molar-refractivity contribution is 5.91. The molecule has 0 saturated heterocycles. The van der Waals surface area contributed by atoms with Gasteiger partial charge in [-0.05, 0) is 31.1 Å². The molecule has 9 heteroatoms. The number of anilines is 1. The number of para-hydroxylation sites is 1. The number of hydrogen-bond donors (Lipinski definition) is 3. The fourth-order valence-electron chi connectivity index (χ4n) is 2.97. The smallest absolute Gasteiger partial charge is 0.277 e. The maximum atomic E-state index is 11.9. The van der Waals surface area contributed by atoms with Crippen molar-refractivity contribution in [2.45, 2.75) is 25.7 Å². The Labute approximate surface area is 174 Å². The summed E-state index contributed by atoms with van der Waals surface area (Å²) in [5.74, 6) is -0.515. The van der Waals surface area contributed by atoms with Gasteiger partial charge in [-0.25, -0.2) is 0 Å². The van der Waals surface area contributed by atoms with E-state index in [-0.39, 0.29) is 17.7 Å².